The van der Waals surface area contributed by atoms with Crippen molar-refractivity contribution in [2.45, 2.75) is 0 Å². The van der Waals surface area contributed by atoms with E-state index >= 15 is 0 Å². The average molecular weight is 489 g/mol. The van der Waals surface area contributed by atoms with E-state index in [1.54, 1.807) is 0 Å². The predicted octanol–water partition coefficient (Wildman–Crippen LogP) is 0.797. The molecule has 1 N–H and O–H groups in total. The third kappa shape index (κ3) is 9.16. The van der Waals surface area contributed by atoms with E-state index in [4.69, 9.17) is 46.4 Å². The fourth-order valence-electron chi connectivity index (χ4n) is 1.69. The molecule has 0 amide bonds. The van der Waals surface area contributed by atoms with Crippen LogP contribution in [0.2, 0.25) is 10.6 Å². The molecule has 26 heavy (non-hydrogen) atoms. The van der Waals surface area contributed by atoms with Crippen molar-refractivity contribution in [1.82, 2.24) is 20.4 Å². The topological polar surface area (TPSA) is 122 Å². The highest BCUT2D eigenvalue weighted by atomic mass is 35.5. The second kappa shape index (κ2) is 11.0. The Labute approximate surface area is 172 Å². The SMILES string of the molecule is O=S(=O)(CCCl)CCNN(CCS(=O)(=O)CCCl)c1nc(Cl)nc(Cl)n1. The van der Waals surface area contributed by atoms with Gasteiger partial charge >= 0.3 is 0 Å². The lowest BCUT2D eigenvalue weighted by atomic mass is 10.6. The van der Waals surface area contributed by atoms with Crippen molar-refractivity contribution >= 4 is 72.0 Å². The van der Waals surface area contributed by atoms with Crippen LogP contribution in [0.25, 0.3) is 0 Å². The van der Waals surface area contributed by atoms with Crippen LogP contribution in [0.1, 0.15) is 0 Å². The van der Waals surface area contributed by atoms with Crippen molar-refractivity contribution < 1.29 is 16.8 Å². The summed E-state index contributed by atoms with van der Waals surface area (Å²) in [7, 11) is -6.74. The number of hydrogen-bond acceptors (Lipinski definition) is 9. The van der Waals surface area contributed by atoms with Gasteiger partial charge in [0.25, 0.3) is 0 Å². The number of alkyl halides is 2. The van der Waals surface area contributed by atoms with E-state index in [0.29, 0.717) is 0 Å². The van der Waals surface area contributed by atoms with Gasteiger partial charge in [0.1, 0.15) is 0 Å². The van der Waals surface area contributed by atoms with E-state index in [0.717, 1.165) is 0 Å². The largest absolute Gasteiger partial charge is 0.275 e. The number of nitrogens with one attached hydrogen (secondary N) is 1. The number of hydrazine groups is 1. The standard InChI is InChI=1S/C11H17Cl4N5O4S2/c12-1-5-25(21,22)7-3-16-20(4-8-26(23,24)6-2-13)11-18-9(14)17-10(15)19-11/h16H,1-8H2. The molecule has 0 aliphatic heterocycles. The molecule has 0 saturated heterocycles. The van der Waals surface area contributed by atoms with Crippen LogP contribution >= 0.6 is 46.4 Å². The quantitative estimate of drug-likeness (QED) is 0.336. The van der Waals surface area contributed by atoms with E-state index < -0.39 is 19.7 Å². The first kappa shape index (κ1) is 23.9. The lowest BCUT2D eigenvalue weighted by Crippen LogP contribution is -2.45. The summed E-state index contributed by atoms with van der Waals surface area (Å²) < 4.78 is 47.2. The molecule has 0 saturated carbocycles. The Hall–Kier alpha value is -0.170. The summed E-state index contributed by atoms with van der Waals surface area (Å²) in [5, 5.41) is 0.872. The Kier molecular flexibility index (Phi) is 10.1. The lowest BCUT2D eigenvalue weighted by molar-refractivity contribution is 0.578. The second-order valence-corrected chi connectivity index (χ2v) is 11.0. The molecular weight excluding hydrogens is 472 g/mol. The van der Waals surface area contributed by atoms with Crippen molar-refractivity contribution in [3.8, 4) is 0 Å². The molecule has 1 aromatic heterocycles. The number of rotatable bonds is 12. The van der Waals surface area contributed by atoms with E-state index in [2.05, 4.69) is 20.4 Å². The molecule has 1 aromatic rings. The first-order valence-corrected chi connectivity index (χ1v) is 12.7. The van der Waals surface area contributed by atoms with E-state index in [1.807, 2.05) is 0 Å². The zero-order valence-electron chi connectivity index (χ0n) is 13.4. The van der Waals surface area contributed by atoms with Crippen LogP contribution < -0.4 is 10.4 Å². The van der Waals surface area contributed by atoms with Gasteiger partial charge < -0.3 is 0 Å². The Bertz CT molecular complexity index is 774. The molecule has 0 aliphatic rings. The number of aromatic nitrogens is 3. The first-order chi connectivity index (χ1) is 12.1. The van der Waals surface area contributed by atoms with Gasteiger partial charge in [-0.1, -0.05) is 0 Å². The lowest BCUT2D eigenvalue weighted by Gasteiger charge is -2.23. The van der Waals surface area contributed by atoms with E-state index in [-0.39, 0.29) is 64.4 Å². The van der Waals surface area contributed by atoms with Crippen LogP contribution in [-0.4, -0.2) is 79.6 Å². The summed E-state index contributed by atoms with van der Waals surface area (Å²) >= 11 is 22.4. The number of sulfone groups is 2. The third-order valence-electron chi connectivity index (χ3n) is 2.93. The number of hydrogen-bond donors (Lipinski definition) is 1. The molecule has 0 atom stereocenters. The molecule has 1 rings (SSSR count). The molecule has 1 heterocycles. The van der Waals surface area contributed by atoms with E-state index in [9.17, 15) is 16.8 Å². The van der Waals surface area contributed by atoms with Gasteiger partial charge in [0, 0.05) is 18.3 Å². The normalized spacial score (nSPS) is 12.3. The zero-order valence-corrected chi connectivity index (χ0v) is 18.1. The fourth-order valence-corrected chi connectivity index (χ4v) is 5.20. The van der Waals surface area contributed by atoms with Crippen LogP contribution in [0.4, 0.5) is 5.95 Å². The summed E-state index contributed by atoms with van der Waals surface area (Å²) in [5.41, 5.74) is 2.76. The first-order valence-electron chi connectivity index (χ1n) is 7.19. The summed E-state index contributed by atoms with van der Waals surface area (Å²) in [5.74, 6) is -0.906. The van der Waals surface area contributed by atoms with Crippen molar-refractivity contribution in [3.63, 3.8) is 0 Å². The molecule has 15 heteroatoms. The van der Waals surface area contributed by atoms with Crippen molar-refractivity contribution in [2.24, 2.45) is 0 Å². The monoisotopic (exact) mass is 487 g/mol. The molecule has 9 nitrogen and oxygen atoms in total. The van der Waals surface area contributed by atoms with Gasteiger partial charge in [-0.05, 0) is 23.2 Å². The average Bonchev–Trinajstić information content (AvgIpc) is 2.49. The van der Waals surface area contributed by atoms with Gasteiger partial charge in [-0.15, -0.1) is 23.2 Å². The highest BCUT2D eigenvalue weighted by Crippen LogP contribution is 2.13. The third-order valence-corrected chi connectivity index (χ3v) is 7.38. The Morgan fingerprint density at radius 1 is 0.808 bits per heavy atom. The minimum atomic E-state index is -3.40. The molecule has 0 unspecified atom stereocenters. The minimum absolute atomic E-state index is 0.0125. The second-order valence-electron chi connectivity index (χ2n) is 4.91. The highest BCUT2D eigenvalue weighted by molar-refractivity contribution is 7.91. The van der Waals surface area contributed by atoms with Crippen LogP contribution in [0.15, 0.2) is 0 Å². The van der Waals surface area contributed by atoms with Crippen LogP contribution in [0.3, 0.4) is 0 Å². The maximum Gasteiger partial charge on any atom is 0.245 e. The predicted molar refractivity (Wildman–Crippen MR) is 104 cm³/mol. The Morgan fingerprint density at radius 3 is 1.81 bits per heavy atom. The Balaban J connectivity index is 2.88. The number of nitrogens with zero attached hydrogens (tertiary/aromatic N) is 4. The maximum absolute atomic E-state index is 11.9. The van der Waals surface area contributed by atoms with Crippen molar-refractivity contribution in [2.75, 3.05) is 52.9 Å². The maximum atomic E-state index is 11.9. The van der Waals surface area contributed by atoms with Gasteiger partial charge in [0.05, 0.1) is 29.6 Å². The van der Waals surface area contributed by atoms with Crippen molar-refractivity contribution in [3.05, 3.63) is 10.6 Å². The van der Waals surface area contributed by atoms with E-state index in [1.165, 1.54) is 5.01 Å². The van der Waals surface area contributed by atoms with Crippen LogP contribution in [0, 0.1) is 0 Å². The fraction of sp³-hybridized carbons (Fsp3) is 0.727. The molecule has 0 fully saturated rings. The molecule has 0 bridgehead atoms. The summed E-state index contributed by atoms with van der Waals surface area (Å²) in [6.45, 7) is -0.0961. The summed E-state index contributed by atoms with van der Waals surface area (Å²) in [6.07, 6.45) is 0. The zero-order chi connectivity index (χ0) is 19.8. The molecule has 0 spiro atoms. The number of anilines is 1. The van der Waals surface area contributed by atoms with Gasteiger partial charge in [-0.25, -0.2) is 22.3 Å². The van der Waals surface area contributed by atoms with Crippen LogP contribution in [-0.2, 0) is 19.7 Å². The summed E-state index contributed by atoms with van der Waals surface area (Å²) in [6, 6.07) is 0. The Morgan fingerprint density at radius 2 is 1.31 bits per heavy atom. The van der Waals surface area contributed by atoms with Gasteiger partial charge in [-0.2, -0.15) is 15.0 Å². The number of halogens is 4. The smallest absolute Gasteiger partial charge is 0.245 e. The highest BCUT2D eigenvalue weighted by Gasteiger charge is 2.18. The van der Waals surface area contributed by atoms with Gasteiger partial charge in [0.15, 0.2) is 19.7 Å². The molecule has 150 valence electrons. The van der Waals surface area contributed by atoms with Crippen LogP contribution in [0.5, 0.6) is 0 Å². The molecule has 0 radical (unpaired) electrons. The minimum Gasteiger partial charge on any atom is -0.275 e. The molecule has 0 aromatic carbocycles. The van der Waals surface area contributed by atoms with Crippen molar-refractivity contribution in [1.29, 1.82) is 0 Å². The summed E-state index contributed by atoms with van der Waals surface area (Å²) in [4.78, 5) is 11.3. The molecule has 0 aliphatic carbocycles. The van der Waals surface area contributed by atoms with Gasteiger partial charge in [0.2, 0.25) is 16.5 Å². The molecular formula is C11H17Cl4N5O4S2. The van der Waals surface area contributed by atoms with Gasteiger partial charge in [-0.3, -0.25) is 5.01 Å².